The lowest BCUT2D eigenvalue weighted by Gasteiger charge is -2.31. The van der Waals surface area contributed by atoms with E-state index in [9.17, 15) is 18.7 Å². The predicted octanol–water partition coefficient (Wildman–Crippen LogP) is 2.79. The molecule has 0 aliphatic heterocycles. The molecule has 0 spiro atoms. The lowest BCUT2D eigenvalue weighted by atomic mass is 9.90. The summed E-state index contributed by atoms with van der Waals surface area (Å²) in [7, 11) is 0. The summed E-state index contributed by atoms with van der Waals surface area (Å²) < 4.78 is 32.0. The van der Waals surface area contributed by atoms with E-state index in [0.29, 0.717) is 0 Å². The molecule has 0 saturated carbocycles. The normalized spacial score (nSPS) is 14.9. The van der Waals surface area contributed by atoms with E-state index < -0.39 is 17.5 Å². The van der Waals surface area contributed by atoms with Crippen LogP contribution in [0, 0.1) is 0 Å². The third kappa shape index (κ3) is 3.13. The topological polar surface area (TPSA) is 59.4 Å². The average molecular weight is 314 g/mol. The molecule has 0 saturated heterocycles. The summed E-state index contributed by atoms with van der Waals surface area (Å²) in [4.78, 5) is 14.8. The Bertz CT molecular complexity index is 475. The van der Waals surface area contributed by atoms with Crippen LogP contribution < -0.4 is 0 Å². The maximum absolute atomic E-state index is 13.9. The van der Waals surface area contributed by atoms with Gasteiger partial charge in [-0.25, -0.2) is 9.78 Å². The summed E-state index contributed by atoms with van der Waals surface area (Å²) in [5.41, 5.74) is -3.16. The van der Waals surface area contributed by atoms with Crippen LogP contribution in [0.4, 0.5) is 8.78 Å². The molecule has 1 heterocycles. The van der Waals surface area contributed by atoms with Crippen molar-refractivity contribution in [2.24, 2.45) is 0 Å². The number of carbonyl (C=O) groups is 1. The molecular weight excluding hydrogens is 303 g/mol. The number of hydrogen-bond donors (Lipinski definition) is 1. The zero-order valence-corrected chi connectivity index (χ0v) is 11.6. The van der Waals surface area contributed by atoms with E-state index >= 15 is 0 Å². The standard InChI is InChI=1S/C11H11Cl2F2NO3/c1-3-19-9(17)11(14,15)10(2,18)6-4-7(12)16-8(13)5-6/h4-5,18H,3H2,1-2H3. The Kier molecular flexibility index (Phi) is 4.71. The summed E-state index contributed by atoms with van der Waals surface area (Å²) in [6, 6.07) is 2.00. The molecule has 0 radical (unpaired) electrons. The van der Waals surface area contributed by atoms with Crippen molar-refractivity contribution in [1.82, 2.24) is 4.98 Å². The van der Waals surface area contributed by atoms with Gasteiger partial charge in [0.25, 0.3) is 0 Å². The molecule has 0 amide bonds. The molecule has 1 aromatic heterocycles. The maximum Gasteiger partial charge on any atom is 0.380 e. The summed E-state index contributed by atoms with van der Waals surface area (Å²) in [5, 5.41) is 9.61. The van der Waals surface area contributed by atoms with E-state index in [4.69, 9.17) is 23.2 Å². The second kappa shape index (κ2) is 5.56. The largest absolute Gasteiger partial charge is 0.461 e. The van der Waals surface area contributed by atoms with Gasteiger partial charge < -0.3 is 9.84 Å². The molecule has 106 valence electrons. The van der Waals surface area contributed by atoms with E-state index in [1.54, 1.807) is 0 Å². The third-order valence-corrected chi connectivity index (χ3v) is 2.86. The van der Waals surface area contributed by atoms with E-state index in [1.807, 2.05) is 0 Å². The van der Waals surface area contributed by atoms with Gasteiger partial charge in [0.05, 0.1) is 6.61 Å². The Labute approximate surface area is 118 Å². The Morgan fingerprint density at radius 3 is 2.32 bits per heavy atom. The number of hydrogen-bond acceptors (Lipinski definition) is 4. The number of ether oxygens (including phenoxy) is 1. The second-order valence-electron chi connectivity index (χ2n) is 3.87. The van der Waals surface area contributed by atoms with Crippen LogP contribution in [0.5, 0.6) is 0 Å². The summed E-state index contributed by atoms with van der Waals surface area (Å²) in [5.74, 6) is -5.99. The van der Waals surface area contributed by atoms with E-state index in [0.717, 1.165) is 19.1 Å². The van der Waals surface area contributed by atoms with Crippen LogP contribution in [0.15, 0.2) is 12.1 Å². The van der Waals surface area contributed by atoms with E-state index in [-0.39, 0.29) is 22.5 Å². The van der Waals surface area contributed by atoms with Crippen molar-refractivity contribution in [2.45, 2.75) is 25.4 Å². The number of rotatable bonds is 4. The van der Waals surface area contributed by atoms with E-state index in [1.165, 1.54) is 6.92 Å². The SMILES string of the molecule is CCOC(=O)C(F)(F)C(C)(O)c1cc(Cl)nc(Cl)c1. The van der Waals surface area contributed by atoms with Gasteiger partial charge in [0.15, 0.2) is 5.60 Å². The second-order valence-corrected chi connectivity index (χ2v) is 4.64. The smallest absolute Gasteiger partial charge is 0.380 e. The Morgan fingerprint density at radius 1 is 1.42 bits per heavy atom. The summed E-state index contributed by atoms with van der Waals surface area (Å²) in [6.07, 6.45) is 0. The van der Waals surface area contributed by atoms with Crippen LogP contribution in [-0.4, -0.2) is 28.6 Å². The molecule has 0 fully saturated rings. The number of nitrogens with zero attached hydrogens (tertiary/aromatic N) is 1. The minimum atomic E-state index is -4.16. The molecular formula is C11H11Cl2F2NO3. The highest BCUT2D eigenvalue weighted by Crippen LogP contribution is 2.39. The number of aliphatic hydroxyl groups is 1. The number of esters is 1. The van der Waals surface area contributed by atoms with Gasteiger partial charge in [-0.2, -0.15) is 8.78 Å². The highest BCUT2D eigenvalue weighted by Gasteiger charge is 2.58. The van der Waals surface area contributed by atoms with Crippen LogP contribution >= 0.6 is 23.2 Å². The van der Waals surface area contributed by atoms with Gasteiger partial charge in [0.2, 0.25) is 0 Å². The molecule has 1 unspecified atom stereocenters. The number of pyridine rings is 1. The monoisotopic (exact) mass is 313 g/mol. The molecule has 0 bridgehead atoms. The maximum atomic E-state index is 13.9. The number of halogens is 4. The van der Waals surface area contributed by atoms with Gasteiger partial charge in [-0.05, 0) is 31.5 Å². The van der Waals surface area contributed by atoms with Crippen LogP contribution in [-0.2, 0) is 15.1 Å². The fraction of sp³-hybridized carbons (Fsp3) is 0.455. The highest BCUT2D eigenvalue weighted by molar-refractivity contribution is 6.32. The van der Waals surface area contributed by atoms with Crippen LogP contribution in [0.25, 0.3) is 0 Å². The van der Waals surface area contributed by atoms with Crippen molar-refractivity contribution >= 4 is 29.2 Å². The molecule has 1 atom stereocenters. The first-order chi connectivity index (χ1) is 8.62. The lowest BCUT2D eigenvalue weighted by Crippen LogP contribution is -2.49. The molecule has 19 heavy (non-hydrogen) atoms. The van der Waals surface area contributed by atoms with Crippen molar-refractivity contribution in [3.8, 4) is 0 Å². The zero-order valence-electron chi connectivity index (χ0n) is 10.1. The lowest BCUT2D eigenvalue weighted by molar-refractivity contribution is -0.212. The van der Waals surface area contributed by atoms with Crippen molar-refractivity contribution < 1.29 is 23.4 Å². The first kappa shape index (κ1) is 16.1. The van der Waals surface area contributed by atoms with Crippen molar-refractivity contribution in [2.75, 3.05) is 6.61 Å². The van der Waals surface area contributed by atoms with Crippen molar-refractivity contribution in [3.05, 3.63) is 28.0 Å². The first-order valence-electron chi connectivity index (χ1n) is 5.24. The van der Waals surface area contributed by atoms with Gasteiger partial charge >= 0.3 is 11.9 Å². The molecule has 1 N–H and O–H groups in total. The van der Waals surface area contributed by atoms with Gasteiger partial charge in [0, 0.05) is 0 Å². The minimum Gasteiger partial charge on any atom is -0.461 e. The Balaban J connectivity index is 3.25. The van der Waals surface area contributed by atoms with Gasteiger partial charge in [-0.15, -0.1) is 0 Å². The third-order valence-electron chi connectivity index (χ3n) is 2.47. The van der Waals surface area contributed by atoms with Crippen LogP contribution in [0.2, 0.25) is 10.3 Å². The van der Waals surface area contributed by atoms with Gasteiger partial charge in [-0.1, -0.05) is 23.2 Å². The number of alkyl halides is 2. The van der Waals surface area contributed by atoms with Crippen LogP contribution in [0.3, 0.4) is 0 Å². The minimum absolute atomic E-state index is 0.178. The van der Waals surface area contributed by atoms with Gasteiger partial charge in [-0.3, -0.25) is 0 Å². The fourth-order valence-electron chi connectivity index (χ4n) is 1.35. The zero-order chi connectivity index (χ0) is 14.8. The molecule has 1 aromatic rings. The quantitative estimate of drug-likeness (QED) is 0.686. The van der Waals surface area contributed by atoms with E-state index in [2.05, 4.69) is 9.72 Å². The van der Waals surface area contributed by atoms with Gasteiger partial charge in [0.1, 0.15) is 10.3 Å². The molecule has 0 aromatic carbocycles. The van der Waals surface area contributed by atoms with Crippen molar-refractivity contribution in [1.29, 1.82) is 0 Å². The van der Waals surface area contributed by atoms with Crippen molar-refractivity contribution in [3.63, 3.8) is 0 Å². The Morgan fingerprint density at radius 2 is 1.89 bits per heavy atom. The molecule has 0 aliphatic carbocycles. The number of carbonyl (C=O) groups excluding carboxylic acids is 1. The number of aromatic nitrogens is 1. The fourth-order valence-corrected chi connectivity index (χ4v) is 1.81. The molecule has 1 rings (SSSR count). The summed E-state index contributed by atoms with van der Waals surface area (Å²) >= 11 is 11.2. The highest BCUT2D eigenvalue weighted by atomic mass is 35.5. The molecule has 4 nitrogen and oxygen atoms in total. The first-order valence-corrected chi connectivity index (χ1v) is 5.99. The average Bonchev–Trinajstić information content (AvgIpc) is 2.27. The molecule has 8 heteroatoms. The van der Waals surface area contributed by atoms with Crippen LogP contribution in [0.1, 0.15) is 19.4 Å². The predicted molar refractivity (Wildman–Crippen MR) is 65.4 cm³/mol. The Hall–Kier alpha value is -0.980. The molecule has 0 aliphatic rings. The summed E-state index contributed by atoms with van der Waals surface area (Å²) in [6.45, 7) is 1.91.